The summed E-state index contributed by atoms with van der Waals surface area (Å²) >= 11 is 3.42. The monoisotopic (exact) mass is 308 g/mol. The molecule has 0 saturated carbocycles. The van der Waals surface area contributed by atoms with E-state index in [-0.39, 0.29) is 0 Å². The lowest BCUT2D eigenvalue weighted by atomic mass is 10.2. The van der Waals surface area contributed by atoms with Crippen molar-refractivity contribution in [3.63, 3.8) is 0 Å². The Morgan fingerprint density at radius 1 is 1.17 bits per heavy atom. The molecule has 0 amide bonds. The largest absolute Gasteiger partial charge is 0.378 e. The second kappa shape index (κ2) is 5.07. The second-order valence-electron chi connectivity index (χ2n) is 4.09. The molecule has 0 atom stereocenters. The number of H-pyrrole nitrogens is 1. The summed E-state index contributed by atoms with van der Waals surface area (Å²) < 4.78 is 6.37. The average Bonchev–Trinajstić information content (AvgIpc) is 2.90. The van der Waals surface area contributed by atoms with Crippen LogP contribution in [0.3, 0.4) is 0 Å². The molecule has 1 saturated heterocycles. The molecule has 1 N–H and O–H groups in total. The minimum absolute atomic E-state index is 0.738. The van der Waals surface area contributed by atoms with E-state index in [2.05, 4.69) is 36.0 Å². The molecule has 0 unspecified atom stereocenters. The lowest BCUT2D eigenvalue weighted by molar-refractivity contribution is 0.122. The third-order valence-electron chi connectivity index (χ3n) is 2.89. The minimum atomic E-state index is 0.738. The van der Waals surface area contributed by atoms with Crippen LogP contribution in [0.4, 0.5) is 5.95 Å². The number of morpholine rings is 1. The third-order valence-corrected chi connectivity index (χ3v) is 3.41. The topological polar surface area (TPSA) is 54.0 Å². The summed E-state index contributed by atoms with van der Waals surface area (Å²) in [5.74, 6) is 1.54. The fraction of sp³-hybridized carbons (Fsp3) is 0.333. The molecular weight excluding hydrogens is 296 g/mol. The Morgan fingerprint density at radius 3 is 2.61 bits per heavy atom. The van der Waals surface area contributed by atoms with Crippen LogP contribution < -0.4 is 4.90 Å². The summed E-state index contributed by atoms with van der Waals surface area (Å²) in [5, 5.41) is 7.24. The predicted molar refractivity (Wildman–Crippen MR) is 72.6 cm³/mol. The number of rotatable bonds is 2. The van der Waals surface area contributed by atoms with Crippen molar-refractivity contribution < 1.29 is 4.74 Å². The first kappa shape index (κ1) is 11.7. The van der Waals surface area contributed by atoms with Crippen molar-refractivity contribution in [2.45, 2.75) is 0 Å². The number of nitrogens with zero attached hydrogens (tertiary/aromatic N) is 3. The number of hydrogen-bond donors (Lipinski definition) is 1. The third kappa shape index (κ3) is 2.39. The molecule has 0 spiro atoms. The highest BCUT2D eigenvalue weighted by Crippen LogP contribution is 2.20. The maximum Gasteiger partial charge on any atom is 0.245 e. The quantitative estimate of drug-likeness (QED) is 0.923. The molecule has 18 heavy (non-hydrogen) atoms. The first-order valence-electron chi connectivity index (χ1n) is 5.84. The molecule has 1 aliphatic rings. The molecule has 0 aliphatic carbocycles. The molecule has 2 heterocycles. The van der Waals surface area contributed by atoms with Gasteiger partial charge in [0.15, 0.2) is 5.82 Å². The van der Waals surface area contributed by atoms with E-state index >= 15 is 0 Å². The number of ether oxygens (including phenoxy) is 1. The van der Waals surface area contributed by atoms with Crippen LogP contribution in [-0.2, 0) is 4.74 Å². The molecule has 0 bridgehead atoms. The number of aromatic amines is 1. The van der Waals surface area contributed by atoms with Crippen LogP contribution in [0.5, 0.6) is 0 Å². The van der Waals surface area contributed by atoms with E-state index in [9.17, 15) is 0 Å². The van der Waals surface area contributed by atoms with E-state index in [1.54, 1.807) is 0 Å². The van der Waals surface area contributed by atoms with Crippen molar-refractivity contribution in [2.75, 3.05) is 31.2 Å². The van der Waals surface area contributed by atoms with Gasteiger partial charge in [0.25, 0.3) is 0 Å². The number of nitrogens with one attached hydrogen (secondary N) is 1. The minimum Gasteiger partial charge on any atom is -0.378 e. The van der Waals surface area contributed by atoms with E-state index in [0.717, 1.165) is 48.1 Å². The van der Waals surface area contributed by atoms with Gasteiger partial charge in [0.05, 0.1) is 13.2 Å². The van der Waals surface area contributed by atoms with E-state index < -0.39 is 0 Å². The van der Waals surface area contributed by atoms with Crippen molar-refractivity contribution in [3.05, 3.63) is 28.7 Å². The average molecular weight is 309 g/mol. The van der Waals surface area contributed by atoms with Gasteiger partial charge in [0.1, 0.15) is 0 Å². The van der Waals surface area contributed by atoms with Gasteiger partial charge in [-0.2, -0.15) is 4.98 Å². The molecule has 1 fully saturated rings. The molecule has 2 aromatic rings. The van der Waals surface area contributed by atoms with Gasteiger partial charge in [0, 0.05) is 23.1 Å². The van der Waals surface area contributed by atoms with Crippen LogP contribution in [-0.4, -0.2) is 41.5 Å². The van der Waals surface area contributed by atoms with E-state index in [1.807, 2.05) is 24.3 Å². The molecule has 94 valence electrons. The highest BCUT2D eigenvalue weighted by molar-refractivity contribution is 9.10. The Labute approximate surface area is 113 Å². The molecule has 6 heteroatoms. The number of hydrogen-bond acceptors (Lipinski definition) is 4. The first-order chi connectivity index (χ1) is 8.83. The Balaban J connectivity index is 1.82. The fourth-order valence-corrected chi connectivity index (χ4v) is 2.16. The highest BCUT2D eigenvalue weighted by Gasteiger charge is 2.15. The lowest BCUT2D eigenvalue weighted by Crippen LogP contribution is -2.36. The van der Waals surface area contributed by atoms with Gasteiger partial charge in [-0.15, -0.1) is 5.10 Å². The summed E-state index contributed by atoms with van der Waals surface area (Å²) in [7, 11) is 0. The van der Waals surface area contributed by atoms with Gasteiger partial charge >= 0.3 is 0 Å². The van der Waals surface area contributed by atoms with E-state index in [4.69, 9.17) is 4.74 Å². The smallest absolute Gasteiger partial charge is 0.245 e. The van der Waals surface area contributed by atoms with Crippen molar-refractivity contribution >= 4 is 21.9 Å². The summed E-state index contributed by atoms with van der Waals surface area (Å²) in [6.07, 6.45) is 0. The number of aromatic nitrogens is 3. The Morgan fingerprint density at radius 2 is 1.89 bits per heavy atom. The maximum absolute atomic E-state index is 5.31. The van der Waals surface area contributed by atoms with Crippen LogP contribution in [0.2, 0.25) is 0 Å². The van der Waals surface area contributed by atoms with Crippen LogP contribution in [0.1, 0.15) is 0 Å². The number of benzene rings is 1. The van der Waals surface area contributed by atoms with E-state index in [0.29, 0.717) is 0 Å². The molecule has 1 aliphatic heterocycles. The maximum atomic E-state index is 5.31. The second-order valence-corrected chi connectivity index (χ2v) is 5.01. The van der Waals surface area contributed by atoms with Crippen molar-refractivity contribution in [1.82, 2.24) is 15.2 Å². The van der Waals surface area contributed by atoms with Gasteiger partial charge in [-0.3, -0.25) is 5.10 Å². The SMILES string of the molecule is Brc1ccc(-c2nc(N3CCOCC3)n[nH]2)cc1. The molecule has 1 aromatic heterocycles. The van der Waals surface area contributed by atoms with Crippen molar-refractivity contribution in [3.8, 4) is 11.4 Å². The Bertz CT molecular complexity index is 519. The summed E-state index contributed by atoms with van der Waals surface area (Å²) in [5.41, 5.74) is 1.03. The predicted octanol–water partition coefficient (Wildman–Crippen LogP) is 2.07. The van der Waals surface area contributed by atoms with Crippen LogP contribution in [0, 0.1) is 0 Å². The van der Waals surface area contributed by atoms with Crippen LogP contribution in [0.25, 0.3) is 11.4 Å². The zero-order valence-corrected chi connectivity index (χ0v) is 11.4. The summed E-state index contributed by atoms with van der Waals surface area (Å²) in [6, 6.07) is 8.00. The molecule has 0 radical (unpaired) electrons. The zero-order chi connectivity index (χ0) is 12.4. The Kier molecular flexibility index (Phi) is 3.29. The zero-order valence-electron chi connectivity index (χ0n) is 9.77. The summed E-state index contributed by atoms with van der Waals surface area (Å²) in [4.78, 5) is 6.65. The number of anilines is 1. The van der Waals surface area contributed by atoms with Gasteiger partial charge in [-0.05, 0) is 12.1 Å². The lowest BCUT2D eigenvalue weighted by Gasteiger charge is -2.25. The standard InChI is InChI=1S/C12H13BrN4O/c13-10-3-1-9(2-4-10)11-14-12(16-15-11)17-5-7-18-8-6-17/h1-4H,5-8H2,(H,14,15,16). The Hall–Kier alpha value is -1.40. The van der Waals surface area contributed by atoms with Gasteiger partial charge in [-0.25, -0.2) is 0 Å². The van der Waals surface area contributed by atoms with Gasteiger partial charge in [0.2, 0.25) is 5.95 Å². The van der Waals surface area contributed by atoms with Crippen LogP contribution >= 0.6 is 15.9 Å². The van der Waals surface area contributed by atoms with E-state index in [1.165, 1.54) is 0 Å². The van der Waals surface area contributed by atoms with Crippen molar-refractivity contribution in [1.29, 1.82) is 0 Å². The van der Waals surface area contributed by atoms with Gasteiger partial charge in [-0.1, -0.05) is 28.1 Å². The van der Waals surface area contributed by atoms with Crippen molar-refractivity contribution in [2.24, 2.45) is 0 Å². The molecule has 3 rings (SSSR count). The first-order valence-corrected chi connectivity index (χ1v) is 6.63. The molecular formula is C12H13BrN4O. The summed E-state index contributed by atoms with van der Waals surface area (Å²) in [6.45, 7) is 3.17. The highest BCUT2D eigenvalue weighted by atomic mass is 79.9. The molecule has 1 aromatic carbocycles. The van der Waals surface area contributed by atoms with Gasteiger partial charge < -0.3 is 9.64 Å². The van der Waals surface area contributed by atoms with Crippen LogP contribution in [0.15, 0.2) is 28.7 Å². The number of halogens is 1. The fourth-order valence-electron chi connectivity index (χ4n) is 1.89. The normalized spacial score (nSPS) is 15.9. The molecule has 5 nitrogen and oxygen atoms in total.